The molecule has 0 aromatic heterocycles. The van der Waals surface area contributed by atoms with Gasteiger partial charge in [-0.3, -0.25) is 9.59 Å². The SMILES string of the molecule is Cc1ccc(CC=O)cc1.Cc1ccc(NC(=O)Cc2ccccc2)cc1C(=O)c1ccccc1. The first-order valence-electron chi connectivity index (χ1n) is 11.5. The van der Waals surface area contributed by atoms with Crippen LogP contribution >= 0.6 is 0 Å². The van der Waals surface area contributed by atoms with Gasteiger partial charge in [-0.05, 0) is 42.7 Å². The quantitative estimate of drug-likeness (QED) is 0.264. The molecular formula is C31H29NO3. The molecule has 0 bridgehead atoms. The molecule has 0 saturated carbocycles. The number of hydrogen-bond acceptors (Lipinski definition) is 3. The van der Waals surface area contributed by atoms with Crippen molar-refractivity contribution in [2.75, 3.05) is 5.32 Å². The second-order valence-electron chi connectivity index (χ2n) is 8.29. The Labute approximate surface area is 206 Å². The number of carbonyl (C=O) groups excluding carboxylic acids is 3. The van der Waals surface area contributed by atoms with Crippen LogP contribution in [0.1, 0.15) is 38.2 Å². The number of aldehydes is 1. The van der Waals surface area contributed by atoms with Gasteiger partial charge in [0.1, 0.15) is 6.29 Å². The normalized spacial score (nSPS) is 10.0. The monoisotopic (exact) mass is 463 g/mol. The van der Waals surface area contributed by atoms with Crippen molar-refractivity contribution in [3.05, 3.63) is 137 Å². The van der Waals surface area contributed by atoms with E-state index in [1.165, 1.54) is 5.56 Å². The summed E-state index contributed by atoms with van der Waals surface area (Å²) in [6.45, 7) is 3.93. The number of amides is 1. The van der Waals surface area contributed by atoms with Gasteiger partial charge in [0.15, 0.2) is 5.78 Å². The van der Waals surface area contributed by atoms with Crippen molar-refractivity contribution in [2.45, 2.75) is 26.7 Å². The number of nitrogens with one attached hydrogen (secondary N) is 1. The standard InChI is InChI=1S/C22H19NO2.C9H10O/c1-16-12-13-19(23-21(24)14-17-8-4-2-5-9-17)15-20(16)22(25)18-10-6-3-7-11-18;1-8-2-4-9(5-3-8)6-7-10/h2-13,15H,14H2,1H3,(H,23,24);2-5,7H,6H2,1H3. The van der Waals surface area contributed by atoms with Crippen LogP contribution in [0.25, 0.3) is 0 Å². The predicted octanol–water partition coefficient (Wildman–Crippen LogP) is 6.14. The fourth-order valence-electron chi connectivity index (χ4n) is 3.50. The van der Waals surface area contributed by atoms with Crippen molar-refractivity contribution in [3.8, 4) is 0 Å². The summed E-state index contributed by atoms with van der Waals surface area (Å²) in [4.78, 5) is 35.0. The van der Waals surface area contributed by atoms with Gasteiger partial charge in [-0.25, -0.2) is 0 Å². The molecule has 0 spiro atoms. The molecule has 4 aromatic rings. The maximum absolute atomic E-state index is 12.7. The zero-order chi connectivity index (χ0) is 25.0. The summed E-state index contributed by atoms with van der Waals surface area (Å²) in [5, 5.41) is 2.87. The second kappa shape index (κ2) is 12.8. The van der Waals surface area contributed by atoms with Gasteiger partial charge < -0.3 is 10.1 Å². The molecule has 0 atom stereocenters. The summed E-state index contributed by atoms with van der Waals surface area (Å²) in [6.07, 6.45) is 1.75. The highest BCUT2D eigenvalue weighted by atomic mass is 16.1. The van der Waals surface area contributed by atoms with Gasteiger partial charge in [0, 0.05) is 23.2 Å². The lowest BCUT2D eigenvalue weighted by Crippen LogP contribution is -2.15. The largest absolute Gasteiger partial charge is 0.326 e. The van der Waals surface area contributed by atoms with Crippen molar-refractivity contribution in [1.29, 1.82) is 0 Å². The molecular weight excluding hydrogens is 434 g/mol. The van der Waals surface area contributed by atoms with Crippen LogP contribution in [0.3, 0.4) is 0 Å². The maximum Gasteiger partial charge on any atom is 0.228 e. The van der Waals surface area contributed by atoms with E-state index in [0.717, 1.165) is 23.0 Å². The molecule has 0 radical (unpaired) electrons. The van der Waals surface area contributed by atoms with Crippen LogP contribution < -0.4 is 5.32 Å². The van der Waals surface area contributed by atoms with Gasteiger partial charge >= 0.3 is 0 Å². The molecule has 0 aliphatic carbocycles. The lowest BCUT2D eigenvalue weighted by Gasteiger charge is -2.10. The fourth-order valence-corrected chi connectivity index (χ4v) is 3.50. The molecule has 0 heterocycles. The topological polar surface area (TPSA) is 63.2 Å². The first-order valence-corrected chi connectivity index (χ1v) is 11.5. The number of ketones is 1. The Kier molecular flexibility index (Phi) is 9.26. The second-order valence-corrected chi connectivity index (χ2v) is 8.29. The van der Waals surface area contributed by atoms with Gasteiger partial charge in [-0.2, -0.15) is 0 Å². The van der Waals surface area contributed by atoms with Crippen molar-refractivity contribution in [2.24, 2.45) is 0 Å². The van der Waals surface area contributed by atoms with E-state index in [4.69, 9.17) is 0 Å². The van der Waals surface area contributed by atoms with E-state index in [9.17, 15) is 14.4 Å². The van der Waals surface area contributed by atoms with Crippen LogP contribution in [0.2, 0.25) is 0 Å². The summed E-state index contributed by atoms with van der Waals surface area (Å²) in [5.74, 6) is -0.148. The minimum atomic E-state index is -0.104. The van der Waals surface area contributed by atoms with Crippen molar-refractivity contribution in [3.63, 3.8) is 0 Å². The Morgan fingerprint density at radius 1 is 0.743 bits per heavy atom. The van der Waals surface area contributed by atoms with Gasteiger partial charge in [0.2, 0.25) is 5.91 Å². The van der Waals surface area contributed by atoms with Gasteiger partial charge in [-0.15, -0.1) is 0 Å². The van der Waals surface area contributed by atoms with Crippen LogP contribution in [-0.4, -0.2) is 18.0 Å². The van der Waals surface area contributed by atoms with Gasteiger partial charge in [-0.1, -0.05) is 96.6 Å². The molecule has 176 valence electrons. The average Bonchev–Trinajstić information content (AvgIpc) is 2.88. The molecule has 35 heavy (non-hydrogen) atoms. The van der Waals surface area contributed by atoms with E-state index in [0.29, 0.717) is 29.7 Å². The smallest absolute Gasteiger partial charge is 0.228 e. The Morgan fingerprint density at radius 2 is 1.37 bits per heavy atom. The highest BCUT2D eigenvalue weighted by Crippen LogP contribution is 2.19. The Hall–Kier alpha value is -4.31. The third-order valence-corrected chi connectivity index (χ3v) is 5.45. The van der Waals surface area contributed by atoms with Crippen LogP contribution in [0.4, 0.5) is 5.69 Å². The number of carbonyl (C=O) groups is 3. The first kappa shape index (κ1) is 25.3. The van der Waals surface area contributed by atoms with Crippen LogP contribution in [0, 0.1) is 13.8 Å². The molecule has 0 fully saturated rings. The number of anilines is 1. The fraction of sp³-hybridized carbons (Fsp3) is 0.129. The highest BCUT2D eigenvalue weighted by Gasteiger charge is 2.13. The van der Waals surface area contributed by atoms with E-state index in [1.54, 1.807) is 18.2 Å². The van der Waals surface area contributed by atoms with Crippen molar-refractivity contribution < 1.29 is 14.4 Å². The summed E-state index contributed by atoms with van der Waals surface area (Å²) < 4.78 is 0. The zero-order valence-corrected chi connectivity index (χ0v) is 20.0. The summed E-state index contributed by atoms with van der Waals surface area (Å²) in [7, 11) is 0. The minimum Gasteiger partial charge on any atom is -0.326 e. The molecule has 0 aliphatic heterocycles. The number of rotatable bonds is 7. The lowest BCUT2D eigenvalue weighted by atomic mass is 9.98. The van der Waals surface area contributed by atoms with E-state index in [1.807, 2.05) is 98.8 Å². The van der Waals surface area contributed by atoms with Gasteiger partial charge in [0.05, 0.1) is 6.42 Å². The average molecular weight is 464 g/mol. The molecule has 4 nitrogen and oxygen atoms in total. The van der Waals surface area contributed by atoms with E-state index in [-0.39, 0.29) is 11.7 Å². The number of benzene rings is 4. The summed E-state index contributed by atoms with van der Waals surface area (Å²) in [5.41, 5.74) is 6.02. The van der Waals surface area contributed by atoms with Crippen LogP contribution in [0.15, 0.2) is 103 Å². The summed E-state index contributed by atoms with van der Waals surface area (Å²) in [6, 6.07) is 32.1. The zero-order valence-electron chi connectivity index (χ0n) is 20.0. The predicted molar refractivity (Wildman–Crippen MR) is 141 cm³/mol. The maximum atomic E-state index is 12.7. The number of hydrogen-bond donors (Lipinski definition) is 1. The Balaban J connectivity index is 0.000000287. The van der Waals surface area contributed by atoms with Crippen molar-refractivity contribution in [1.82, 2.24) is 0 Å². The minimum absolute atomic E-state index is 0.0442. The lowest BCUT2D eigenvalue weighted by molar-refractivity contribution is -0.115. The van der Waals surface area contributed by atoms with Crippen molar-refractivity contribution >= 4 is 23.7 Å². The van der Waals surface area contributed by atoms with E-state index >= 15 is 0 Å². The molecule has 4 aromatic carbocycles. The first-order chi connectivity index (χ1) is 17.0. The molecule has 1 amide bonds. The molecule has 0 saturated heterocycles. The van der Waals surface area contributed by atoms with Crippen LogP contribution in [-0.2, 0) is 22.4 Å². The van der Waals surface area contributed by atoms with Crippen LogP contribution in [0.5, 0.6) is 0 Å². The highest BCUT2D eigenvalue weighted by molar-refractivity contribution is 6.10. The molecule has 1 N–H and O–H groups in total. The molecule has 4 heteroatoms. The Morgan fingerprint density at radius 3 is 2.00 bits per heavy atom. The third-order valence-electron chi connectivity index (χ3n) is 5.45. The van der Waals surface area contributed by atoms with E-state index in [2.05, 4.69) is 5.32 Å². The Bertz CT molecular complexity index is 1260. The van der Waals surface area contributed by atoms with Gasteiger partial charge in [0.25, 0.3) is 0 Å². The molecule has 0 aliphatic rings. The molecule has 0 unspecified atom stereocenters. The summed E-state index contributed by atoms with van der Waals surface area (Å²) >= 11 is 0. The molecule has 4 rings (SSSR count). The third kappa shape index (κ3) is 7.90. The number of aryl methyl sites for hydroxylation is 2. The van der Waals surface area contributed by atoms with E-state index < -0.39 is 0 Å².